The molecule has 0 aromatic heterocycles. The molecule has 2 aromatic carbocycles. The summed E-state index contributed by atoms with van der Waals surface area (Å²) in [5.74, 6) is 0.897. The summed E-state index contributed by atoms with van der Waals surface area (Å²) in [7, 11) is 0. The van der Waals surface area contributed by atoms with Crippen LogP contribution in [-0.2, 0) is 13.0 Å². The van der Waals surface area contributed by atoms with Crippen LogP contribution in [0.3, 0.4) is 0 Å². The summed E-state index contributed by atoms with van der Waals surface area (Å²) in [6.07, 6.45) is 0.813. The predicted octanol–water partition coefficient (Wildman–Crippen LogP) is 4.29. The van der Waals surface area contributed by atoms with Crippen molar-refractivity contribution in [3.8, 4) is 5.75 Å². The fraction of sp³-hybridized carbons (Fsp3) is 0.200. The van der Waals surface area contributed by atoms with Crippen LogP contribution in [0.5, 0.6) is 5.75 Å². The standard InChI is InChI=1S/C15H15Br2NO/c16-13-3-1-2-11(8-13)10-19-15-5-4-14(17)9-12(15)6-7-18/h1-5,8-9H,6-7,10,18H2. The van der Waals surface area contributed by atoms with Crippen LogP contribution in [0, 0.1) is 0 Å². The molecule has 0 spiro atoms. The topological polar surface area (TPSA) is 35.2 Å². The van der Waals surface area contributed by atoms with E-state index in [-0.39, 0.29) is 0 Å². The SMILES string of the molecule is NCCc1cc(Br)ccc1OCc1cccc(Br)c1. The second-order valence-electron chi connectivity index (χ2n) is 4.21. The predicted molar refractivity (Wildman–Crippen MR) is 85.4 cm³/mol. The fourth-order valence-corrected chi connectivity index (χ4v) is 2.68. The van der Waals surface area contributed by atoms with Crippen LogP contribution >= 0.6 is 31.9 Å². The van der Waals surface area contributed by atoms with E-state index in [1.54, 1.807) is 0 Å². The van der Waals surface area contributed by atoms with Crippen LogP contribution in [0.15, 0.2) is 51.4 Å². The van der Waals surface area contributed by atoms with Gasteiger partial charge in [0.2, 0.25) is 0 Å². The zero-order valence-electron chi connectivity index (χ0n) is 10.4. The van der Waals surface area contributed by atoms with Gasteiger partial charge < -0.3 is 10.5 Å². The normalized spacial score (nSPS) is 10.5. The molecule has 19 heavy (non-hydrogen) atoms. The second kappa shape index (κ2) is 7.08. The van der Waals surface area contributed by atoms with Crippen molar-refractivity contribution in [2.24, 2.45) is 5.73 Å². The van der Waals surface area contributed by atoms with Crippen molar-refractivity contribution < 1.29 is 4.74 Å². The molecule has 0 atom stereocenters. The van der Waals surface area contributed by atoms with E-state index in [2.05, 4.69) is 44.0 Å². The summed E-state index contributed by atoms with van der Waals surface area (Å²) < 4.78 is 8.00. The molecule has 0 radical (unpaired) electrons. The van der Waals surface area contributed by atoms with Crippen molar-refractivity contribution in [1.29, 1.82) is 0 Å². The molecule has 0 fully saturated rings. The van der Waals surface area contributed by atoms with Gasteiger partial charge in [-0.15, -0.1) is 0 Å². The quantitative estimate of drug-likeness (QED) is 0.834. The Kier molecular flexibility index (Phi) is 5.43. The summed E-state index contributed by atoms with van der Waals surface area (Å²) in [5.41, 5.74) is 7.90. The molecule has 4 heteroatoms. The Morgan fingerprint density at radius 1 is 1.00 bits per heavy atom. The highest BCUT2D eigenvalue weighted by Crippen LogP contribution is 2.24. The van der Waals surface area contributed by atoms with Crippen molar-refractivity contribution in [3.63, 3.8) is 0 Å². The zero-order chi connectivity index (χ0) is 13.7. The summed E-state index contributed by atoms with van der Waals surface area (Å²) in [6, 6.07) is 14.1. The van der Waals surface area contributed by atoms with Crippen molar-refractivity contribution in [1.82, 2.24) is 0 Å². The minimum absolute atomic E-state index is 0.554. The Morgan fingerprint density at radius 2 is 1.79 bits per heavy atom. The Balaban J connectivity index is 2.10. The summed E-state index contributed by atoms with van der Waals surface area (Å²) >= 11 is 6.93. The lowest BCUT2D eigenvalue weighted by atomic mass is 10.1. The number of ether oxygens (including phenoxy) is 1. The number of hydrogen-bond donors (Lipinski definition) is 1. The van der Waals surface area contributed by atoms with E-state index in [9.17, 15) is 0 Å². The minimum Gasteiger partial charge on any atom is -0.489 e. The third kappa shape index (κ3) is 4.34. The Labute approximate surface area is 130 Å². The third-order valence-electron chi connectivity index (χ3n) is 2.72. The molecule has 0 aliphatic carbocycles. The van der Waals surface area contributed by atoms with Crippen molar-refractivity contribution in [2.45, 2.75) is 13.0 Å². The first-order chi connectivity index (χ1) is 9.19. The molecule has 0 amide bonds. The Morgan fingerprint density at radius 3 is 2.53 bits per heavy atom. The molecule has 2 rings (SSSR count). The van der Waals surface area contributed by atoms with Gasteiger partial charge in [-0.2, -0.15) is 0 Å². The first-order valence-electron chi connectivity index (χ1n) is 6.05. The maximum atomic E-state index is 5.89. The molecule has 2 nitrogen and oxygen atoms in total. The van der Waals surface area contributed by atoms with Gasteiger partial charge in [0.05, 0.1) is 0 Å². The van der Waals surface area contributed by atoms with Gasteiger partial charge in [0.15, 0.2) is 0 Å². The highest BCUT2D eigenvalue weighted by atomic mass is 79.9. The van der Waals surface area contributed by atoms with E-state index >= 15 is 0 Å². The van der Waals surface area contributed by atoms with Crippen LogP contribution in [0.4, 0.5) is 0 Å². The van der Waals surface area contributed by atoms with Crippen molar-refractivity contribution in [3.05, 3.63) is 62.5 Å². The van der Waals surface area contributed by atoms with Gasteiger partial charge in [-0.3, -0.25) is 0 Å². The first-order valence-corrected chi connectivity index (χ1v) is 7.63. The highest BCUT2D eigenvalue weighted by molar-refractivity contribution is 9.10. The largest absolute Gasteiger partial charge is 0.489 e. The lowest BCUT2D eigenvalue weighted by molar-refractivity contribution is 0.303. The average molecular weight is 385 g/mol. The maximum Gasteiger partial charge on any atom is 0.123 e. The van der Waals surface area contributed by atoms with Crippen LogP contribution in [0.25, 0.3) is 0 Å². The molecular weight excluding hydrogens is 370 g/mol. The number of nitrogens with two attached hydrogens (primary N) is 1. The van der Waals surface area contributed by atoms with Gasteiger partial charge in [0.25, 0.3) is 0 Å². The number of rotatable bonds is 5. The molecule has 0 heterocycles. The van der Waals surface area contributed by atoms with Gasteiger partial charge in [-0.1, -0.05) is 44.0 Å². The third-order valence-corrected chi connectivity index (χ3v) is 3.71. The van der Waals surface area contributed by atoms with E-state index in [1.807, 2.05) is 30.3 Å². The molecule has 0 unspecified atom stereocenters. The molecule has 2 N–H and O–H groups in total. The van der Waals surface area contributed by atoms with E-state index in [4.69, 9.17) is 10.5 Å². The van der Waals surface area contributed by atoms with Gasteiger partial charge in [0, 0.05) is 8.95 Å². The molecule has 2 aromatic rings. The van der Waals surface area contributed by atoms with Crippen LogP contribution < -0.4 is 10.5 Å². The molecular formula is C15H15Br2NO. The summed E-state index contributed by atoms with van der Waals surface area (Å²) in [4.78, 5) is 0. The van der Waals surface area contributed by atoms with Gasteiger partial charge in [-0.25, -0.2) is 0 Å². The van der Waals surface area contributed by atoms with Gasteiger partial charge in [-0.05, 0) is 54.4 Å². The van der Waals surface area contributed by atoms with Crippen LogP contribution in [-0.4, -0.2) is 6.54 Å². The molecule has 0 aliphatic heterocycles. The van der Waals surface area contributed by atoms with E-state index < -0.39 is 0 Å². The van der Waals surface area contributed by atoms with E-state index in [1.165, 1.54) is 0 Å². The zero-order valence-corrected chi connectivity index (χ0v) is 13.6. The van der Waals surface area contributed by atoms with Gasteiger partial charge in [0.1, 0.15) is 12.4 Å². The highest BCUT2D eigenvalue weighted by Gasteiger charge is 2.04. The monoisotopic (exact) mass is 383 g/mol. The van der Waals surface area contributed by atoms with E-state index in [0.29, 0.717) is 13.2 Å². The smallest absolute Gasteiger partial charge is 0.123 e. The molecule has 0 aliphatic rings. The van der Waals surface area contributed by atoms with E-state index in [0.717, 1.165) is 32.2 Å². The molecule has 0 saturated heterocycles. The molecule has 0 saturated carbocycles. The van der Waals surface area contributed by atoms with Crippen LogP contribution in [0.2, 0.25) is 0 Å². The van der Waals surface area contributed by atoms with Crippen molar-refractivity contribution in [2.75, 3.05) is 6.54 Å². The second-order valence-corrected chi connectivity index (χ2v) is 6.04. The lowest BCUT2D eigenvalue weighted by Gasteiger charge is -2.12. The van der Waals surface area contributed by atoms with Crippen molar-refractivity contribution >= 4 is 31.9 Å². The van der Waals surface area contributed by atoms with Gasteiger partial charge >= 0.3 is 0 Å². The number of benzene rings is 2. The Hall–Kier alpha value is -0.840. The lowest BCUT2D eigenvalue weighted by Crippen LogP contribution is -2.05. The molecule has 100 valence electrons. The maximum absolute atomic E-state index is 5.89. The number of hydrogen-bond acceptors (Lipinski definition) is 2. The number of halogens is 2. The van der Waals surface area contributed by atoms with Crippen LogP contribution in [0.1, 0.15) is 11.1 Å². The fourth-order valence-electron chi connectivity index (χ4n) is 1.83. The first kappa shape index (κ1) is 14.6. The minimum atomic E-state index is 0.554. The Bertz CT molecular complexity index is 558. The summed E-state index contributed by atoms with van der Waals surface area (Å²) in [6.45, 7) is 1.17. The summed E-state index contributed by atoms with van der Waals surface area (Å²) in [5, 5.41) is 0. The average Bonchev–Trinajstić information content (AvgIpc) is 2.38. The molecule has 0 bridgehead atoms.